The number of ether oxygens (including phenoxy) is 2. The number of rotatable bonds is 6. The molecule has 0 saturated carbocycles. The van der Waals surface area contributed by atoms with Gasteiger partial charge >= 0.3 is 0 Å². The van der Waals surface area contributed by atoms with Crippen molar-refractivity contribution in [3.63, 3.8) is 0 Å². The minimum atomic E-state index is -0.208. The summed E-state index contributed by atoms with van der Waals surface area (Å²) in [5.41, 5.74) is 0.861. The van der Waals surface area contributed by atoms with Gasteiger partial charge in [-0.2, -0.15) is 0 Å². The van der Waals surface area contributed by atoms with Crippen LogP contribution < -0.4 is 9.47 Å². The van der Waals surface area contributed by atoms with Crippen LogP contribution >= 0.6 is 0 Å². The van der Waals surface area contributed by atoms with E-state index in [4.69, 9.17) is 9.47 Å². The number of para-hydroxylation sites is 1. The molecule has 0 radical (unpaired) electrons. The number of hydrogen-bond acceptors (Lipinski definition) is 5. The average Bonchev–Trinajstić information content (AvgIpc) is 2.78. The van der Waals surface area contributed by atoms with Gasteiger partial charge in [0.15, 0.2) is 17.3 Å². The molecule has 0 bridgehead atoms. The van der Waals surface area contributed by atoms with E-state index in [-0.39, 0.29) is 23.0 Å². The molecule has 5 nitrogen and oxygen atoms in total. The van der Waals surface area contributed by atoms with Crippen molar-refractivity contribution in [3.05, 3.63) is 108 Å². The highest BCUT2D eigenvalue weighted by molar-refractivity contribution is 6.11. The molecule has 0 aromatic heterocycles. The molecule has 0 atom stereocenters. The van der Waals surface area contributed by atoms with E-state index in [1.165, 1.54) is 24.3 Å². The van der Waals surface area contributed by atoms with Crippen LogP contribution in [0.25, 0.3) is 0 Å². The van der Waals surface area contributed by atoms with Gasteiger partial charge in [-0.3, -0.25) is 4.79 Å². The van der Waals surface area contributed by atoms with Crippen molar-refractivity contribution in [1.29, 1.82) is 0 Å². The van der Waals surface area contributed by atoms with E-state index >= 15 is 0 Å². The van der Waals surface area contributed by atoms with E-state index in [1.54, 1.807) is 66.7 Å². The molecular formula is C25H18O5. The first-order valence-electron chi connectivity index (χ1n) is 9.27. The number of carbonyl (C=O) groups is 1. The van der Waals surface area contributed by atoms with Crippen molar-refractivity contribution >= 4 is 5.78 Å². The third-order valence-electron chi connectivity index (χ3n) is 4.38. The third kappa shape index (κ3) is 4.25. The Kier molecular flexibility index (Phi) is 5.35. The van der Waals surface area contributed by atoms with Gasteiger partial charge in [-0.25, -0.2) is 0 Å². The fourth-order valence-corrected chi connectivity index (χ4v) is 2.90. The van der Waals surface area contributed by atoms with Crippen molar-refractivity contribution < 1.29 is 24.5 Å². The molecule has 4 aromatic carbocycles. The second kappa shape index (κ2) is 8.41. The Morgan fingerprint density at radius 3 is 1.77 bits per heavy atom. The van der Waals surface area contributed by atoms with Crippen LogP contribution in [0.3, 0.4) is 0 Å². The van der Waals surface area contributed by atoms with Gasteiger partial charge in [-0.05, 0) is 60.7 Å². The zero-order valence-corrected chi connectivity index (χ0v) is 15.9. The molecule has 0 aliphatic rings. The Labute approximate surface area is 173 Å². The van der Waals surface area contributed by atoms with Crippen LogP contribution in [0.15, 0.2) is 97.1 Å². The first-order valence-corrected chi connectivity index (χ1v) is 9.27. The van der Waals surface area contributed by atoms with Crippen LogP contribution in [0, 0.1) is 0 Å². The molecule has 148 valence electrons. The highest BCUT2D eigenvalue weighted by Crippen LogP contribution is 2.39. The first-order chi connectivity index (χ1) is 14.6. The van der Waals surface area contributed by atoms with Crippen LogP contribution in [0.1, 0.15) is 15.9 Å². The summed E-state index contributed by atoms with van der Waals surface area (Å²) in [5.74, 6) is 1.54. The molecule has 0 aliphatic carbocycles. The van der Waals surface area contributed by atoms with Crippen molar-refractivity contribution in [3.8, 4) is 34.5 Å². The Balaban J connectivity index is 1.77. The van der Waals surface area contributed by atoms with Gasteiger partial charge in [-0.1, -0.05) is 36.4 Å². The summed E-state index contributed by atoms with van der Waals surface area (Å²) in [6.07, 6.45) is 0. The Morgan fingerprint density at radius 1 is 0.600 bits per heavy atom. The second-order valence-electron chi connectivity index (χ2n) is 6.52. The van der Waals surface area contributed by atoms with Gasteiger partial charge in [-0.15, -0.1) is 0 Å². The minimum absolute atomic E-state index is 0.108. The van der Waals surface area contributed by atoms with Gasteiger partial charge in [0.2, 0.25) is 0 Å². The lowest BCUT2D eigenvalue weighted by Gasteiger charge is -2.16. The third-order valence-corrected chi connectivity index (χ3v) is 4.38. The number of ketones is 1. The van der Waals surface area contributed by atoms with Gasteiger partial charge in [0.1, 0.15) is 23.0 Å². The predicted octanol–water partition coefficient (Wildman–Crippen LogP) is 5.91. The summed E-state index contributed by atoms with van der Waals surface area (Å²) in [6.45, 7) is 0. The smallest absolute Gasteiger partial charge is 0.196 e. The normalized spacial score (nSPS) is 10.4. The van der Waals surface area contributed by atoms with Crippen LogP contribution in [-0.4, -0.2) is 16.0 Å². The molecule has 0 aliphatic heterocycles. The van der Waals surface area contributed by atoms with E-state index in [0.717, 1.165) is 0 Å². The molecule has 4 aromatic rings. The lowest BCUT2D eigenvalue weighted by Crippen LogP contribution is -2.04. The fraction of sp³-hybridized carbons (Fsp3) is 0. The highest BCUT2D eigenvalue weighted by atomic mass is 16.5. The molecule has 0 unspecified atom stereocenters. The SMILES string of the molecule is O=C(c1ccccc1)c1cccc(Oc2ccc(O)cc2)c1Oc1ccc(O)cc1. The quantitative estimate of drug-likeness (QED) is 0.395. The van der Waals surface area contributed by atoms with Crippen LogP contribution in [0.5, 0.6) is 34.5 Å². The van der Waals surface area contributed by atoms with E-state index in [1.807, 2.05) is 6.07 Å². The number of carbonyl (C=O) groups excluding carboxylic acids is 1. The zero-order chi connectivity index (χ0) is 20.9. The standard InChI is InChI=1S/C25H18O5/c26-18-9-13-20(14-10-18)29-23-8-4-7-22(24(28)17-5-2-1-3-6-17)25(23)30-21-15-11-19(27)12-16-21/h1-16,26-27H. The number of phenols is 2. The fourth-order valence-electron chi connectivity index (χ4n) is 2.90. The molecule has 0 spiro atoms. The highest BCUT2D eigenvalue weighted by Gasteiger charge is 2.20. The molecular weight excluding hydrogens is 380 g/mol. The van der Waals surface area contributed by atoms with Gasteiger partial charge in [0.25, 0.3) is 0 Å². The molecule has 0 fully saturated rings. The zero-order valence-electron chi connectivity index (χ0n) is 15.9. The topological polar surface area (TPSA) is 76.0 Å². The maximum atomic E-state index is 13.2. The summed E-state index contributed by atoms with van der Waals surface area (Å²) in [5, 5.41) is 19.0. The Hall–Kier alpha value is -4.25. The summed E-state index contributed by atoms with van der Waals surface area (Å²) in [4.78, 5) is 13.2. The van der Waals surface area contributed by atoms with Crippen LogP contribution in [0.4, 0.5) is 0 Å². The summed E-state index contributed by atoms with van der Waals surface area (Å²) in [6, 6.07) is 26.4. The first kappa shape index (κ1) is 19.1. The van der Waals surface area contributed by atoms with Crippen molar-refractivity contribution in [2.75, 3.05) is 0 Å². The Morgan fingerprint density at radius 2 is 1.17 bits per heavy atom. The molecule has 4 rings (SSSR count). The Bertz CT molecular complexity index is 1150. The van der Waals surface area contributed by atoms with Gasteiger partial charge in [0.05, 0.1) is 5.56 Å². The van der Waals surface area contributed by atoms with Crippen LogP contribution in [0.2, 0.25) is 0 Å². The summed E-state index contributed by atoms with van der Waals surface area (Å²) < 4.78 is 12.0. The number of benzene rings is 4. The maximum Gasteiger partial charge on any atom is 0.196 e. The largest absolute Gasteiger partial charge is 0.508 e. The molecule has 2 N–H and O–H groups in total. The number of phenolic OH excluding ortho intramolecular Hbond substituents is 2. The van der Waals surface area contributed by atoms with Crippen molar-refractivity contribution in [2.24, 2.45) is 0 Å². The van der Waals surface area contributed by atoms with Gasteiger partial charge in [0, 0.05) is 5.56 Å². The molecule has 30 heavy (non-hydrogen) atoms. The predicted molar refractivity (Wildman–Crippen MR) is 113 cm³/mol. The molecule has 0 amide bonds. The number of aromatic hydroxyl groups is 2. The van der Waals surface area contributed by atoms with Crippen LogP contribution in [-0.2, 0) is 0 Å². The second-order valence-corrected chi connectivity index (χ2v) is 6.52. The van der Waals surface area contributed by atoms with E-state index < -0.39 is 0 Å². The minimum Gasteiger partial charge on any atom is -0.508 e. The van der Waals surface area contributed by atoms with Crippen molar-refractivity contribution in [2.45, 2.75) is 0 Å². The molecule has 0 heterocycles. The van der Waals surface area contributed by atoms with E-state index in [9.17, 15) is 15.0 Å². The summed E-state index contributed by atoms with van der Waals surface area (Å²) in [7, 11) is 0. The maximum absolute atomic E-state index is 13.2. The lowest BCUT2D eigenvalue weighted by atomic mass is 10.0. The molecule has 0 saturated heterocycles. The van der Waals surface area contributed by atoms with E-state index in [2.05, 4.69) is 0 Å². The van der Waals surface area contributed by atoms with Gasteiger partial charge < -0.3 is 19.7 Å². The molecule has 5 heteroatoms. The summed E-state index contributed by atoms with van der Waals surface area (Å²) >= 11 is 0. The van der Waals surface area contributed by atoms with Crippen molar-refractivity contribution in [1.82, 2.24) is 0 Å². The lowest BCUT2D eigenvalue weighted by molar-refractivity contribution is 0.103. The van der Waals surface area contributed by atoms with E-state index in [0.29, 0.717) is 28.4 Å². The number of hydrogen-bond donors (Lipinski definition) is 2. The monoisotopic (exact) mass is 398 g/mol. The average molecular weight is 398 g/mol.